The summed E-state index contributed by atoms with van der Waals surface area (Å²) in [6.07, 6.45) is 6.17. The molecule has 0 aromatic carbocycles. The predicted octanol–water partition coefficient (Wildman–Crippen LogP) is 4.18. The Morgan fingerprint density at radius 1 is 1.61 bits per heavy atom. The Balaban J connectivity index is 2.36. The Hall–Kier alpha value is 0.0600. The van der Waals surface area contributed by atoms with Crippen molar-refractivity contribution in [2.75, 3.05) is 6.61 Å². The fourth-order valence-electron chi connectivity index (χ4n) is 2.74. The highest BCUT2D eigenvalue weighted by Gasteiger charge is 2.40. The van der Waals surface area contributed by atoms with E-state index in [-0.39, 0.29) is 5.60 Å². The van der Waals surface area contributed by atoms with E-state index in [1.807, 2.05) is 6.92 Å². The molecular formula is C13H18ClIN2O. The van der Waals surface area contributed by atoms with Gasteiger partial charge in [-0.2, -0.15) is 0 Å². The molecule has 1 aliphatic carbocycles. The Morgan fingerprint density at radius 3 is 3.00 bits per heavy atom. The SMILES string of the molecule is CCOC1(c2ncc(I)c(Cl)n2)CCCC(C)C1. The second-order valence-electron chi connectivity index (χ2n) is 4.96. The fourth-order valence-corrected chi connectivity index (χ4v) is 3.13. The second kappa shape index (κ2) is 6.01. The van der Waals surface area contributed by atoms with E-state index in [1.54, 1.807) is 6.20 Å². The van der Waals surface area contributed by atoms with Gasteiger partial charge in [0.25, 0.3) is 0 Å². The highest BCUT2D eigenvalue weighted by molar-refractivity contribution is 14.1. The van der Waals surface area contributed by atoms with Gasteiger partial charge in [0.1, 0.15) is 10.8 Å². The van der Waals surface area contributed by atoms with Crippen LogP contribution in [0, 0.1) is 9.49 Å². The molecule has 1 aliphatic rings. The summed E-state index contributed by atoms with van der Waals surface area (Å²) in [4.78, 5) is 8.90. The summed E-state index contributed by atoms with van der Waals surface area (Å²) >= 11 is 8.26. The zero-order valence-electron chi connectivity index (χ0n) is 10.7. The Kier molecular flexibility index (Phi) is 4.83. The van der Waals surface area contributed by atoms with Crippen LogP contribution in [0.15, 0.2) is 6.20 Å². The van der Waals surface area contributed by atoms with Gasteiger partial charge >= 0.3 is 0 Å². The molecule has 0 radical (unpaired) electrons. The van der Waals surface area contributed by atoms with Crippen LogP contribution in [0.2, 0.25) is 5.15 Å². The molecule has 2 atom stereocenters. The molecule has 3 nitrogen and oxygen atoms in total. The van der Waals surface area contributed by atoms with Crippen LogP contribution >= 0.6 is 34.2 Å². The van der Waals surface area contributed by atoms with E-state index in [9.17, 15) is 0 Å². The van der Waals surface area contributed by atoms with Gasteiger partial charge in [-0.3, -0.25) is 0 Å². The van der Waals surface area contributed by atoms with Crippen molar-refractivity contribution in [1.29, 1.82) is 0 Å². The predicted molar refractivity (Wildman–Crippen MR) is 80.7 cm³/mol. The van der Waals surface area contributed by atoms with Crippen molar-refractivity contribution in [2.24, 2.45) is 5.92 Å². The molecule has 1 saturated carbocycles. The van der Waals surface area contributed by atoms with Gasteiger partial charge in [0.05, 0.1) is 3.57 Å². The largest absolute Gasteiger partial charge is 0.367 e. The van der Waals surface area contributed by atoms with Crippen molar-refractivity contribution in [1.82, 2.24) is 9.97 Å². The number of nitrogens with zero attached hydrogens (tertiary/aromatic N) is 2. The summed E-state index contributed by atoms with van der Waals surface area (Å²) in [7, 11) is 0. The average Bonchev–Trinajstić information content (AvgIpc) is 2.33. The first-order valence-electron chi connectivity index (χ1n) is 6.40. The summed E-state index contributed by atoms with van der Waals surface area (Å²) < 4.78 is 6.92. The normalized spacial score (nSPS) is 28.3. The van der Waals surface area contributed by atoms with Crippen LogP contribution in [0.25, 0.3) is 0 Å². The van der Waals surface area contributed by atoms with E-state index >= 15 is 0 Å². The molecule has 2 rings (SSSR count). The summed E-state index contributed by atoms with van der Waals surface area (Å²) in [5, 5.41) is 0.526. The summed E-state index contributed by atoms with van der Waals surface area (Å²) in [6, 6.07) is 0. The maximum Gasteiger partial charge on any atom is 0.162 e. The van der Waals surface area contributed by atoms with Crippen molar-refractivity contribution in [3.8, 4) is 0 Å². The number of aromatic nitrogens is 2. The lowest BCUT2D eigenvalue weighted by molar-refractivity contribution is -0.0881. The highest BCUT2D eigenvalue weighted by atomic mass is 127. The molecule has 0 saturated heterocycles. The van der Waals surface area contributed by atoms with Crippen LogP contribution in [-0.2, 0) is 10.3 Å². The van der Waals surface area contributed by atoms with Crippen LogP contribution in [0.3, 0.4) is 0 Å². The smallest absolute Gasteiger partial charge is 0.162 e. The standard InChI is InChI=1S/C13H18ClIN2O/c1-3-18-13(6-4-5-9(2)7-13)12-16-8-10(15)11(14)17-12/h8-9H,3-7H2,1-2H3. The topological polar surface area (TPSA) is 35.0 Å². The van der Waals surface area contributed by atoms with Gasteiger partial charge in [-0.1, -0.05) is 24.9 Å². The van der Waals surface area contributed by atoms with Crippen LogP contribution < -0.4 is 0 Å². The van der Waals surface area contributed by atoms with Gasteiger partial charge in [-0.05, 0) is 54.7 Å². The van der Waals surface area contributed by atoms with Crippen LogP contribution in [-0.4, -0.2) is 16.6 Å². The number of halogens is 2. The van der Waals surface area contributed by atoms with E-state index < -0.39 is 0 Å². The quantitative estimate of drug-likeness (QED) is 0.583. The van der Waals surface area contributed by atoms with Crippen molar-refractivity contribution in [3.05, 3.63) is 20.7 Å². The molecule has 0 spiro atoms. The molecule has 2 unspecified atom stereocenters. The number of rotatable bonds is 3. The maximum atomic E-state index is 6.12. The molecule has 0 N–H and O–H groups in total. The average molecular weight is 381 g/mol. The van der Waals surface area contributed by atoms with E-state index in [4.69, 9.17) is 16.3 Å². The van der Waals surface area contributed by atoms with Crippen molar-refractivity contribution in [3.63, 3.8) is 0 Å². The molecule has 100 valence electrons. The van der Waals surface area contributed by atoms with Crippen LogP contribution in [0.4, 0.5) is 0 Å². The molecule has 18 heavy (non-hydrogen) atoms. The highest BCUT2D eigenvalue weighted by Crippen LogP contribution is 2.41. The molecule has 0 bridgehead atoms. The van der Waals surface area contributed by atoms with Gasteiger partial charge in [-0.15, -0.1) is 0 Å². The zero-order valence-corrected chi connectivity index (χ0v) is 13.7. The molecular weight excluding hydrogens is 363 g/mol. The van der Waals surface area contributed by atoms with Gasteiger partial charge in [0.15, 0.2) is 5.82 Å². The van der Waals surface area contributed by atoms with Crippen molar-refractivity contribution in [2.45, 2.75) is 45.1 Å². The lowest BCUT2D eigenvalue weighted by atomic mass is 9.78. The minimum absolute atomic E-state index is 0.333. The van der Waals surface area contributed by atoms with Gasteiger partial charge in [0, 0.05) is 12.8 Å². The first kappa shape index (κ1) is 14.5. The van der Waals surface area contributed by atoms with Gasteiger partial charge < -0.3 is 4.74 Å². The van der Waals surface area contributed by atoms with Gasteiger partial charge in [0.2, 0.25) is 0 Å². The number of ether oxygens (including phenoxy) is 1. The first-order chi connectivity index (χ1) is 8.57. The summed E-state index contributed by atoms with van der Waals surface area (Å²) in [6.45, 7) is 4.97. The van der Waals surface area contributed by atoms with Crippen molar-refractivity contribution >= 4 is 34.2 Å². The molecule has 1 aromatic rings. The number of hydrogen-bond donors (Lipinski definition) is 0. The lowest BCUT2D eigenvalue weighted by Crippen LogP contribution is -2.37. The monoisotopic (exact) mass is 380 g/mol. The minimum atomic E-state index is -0.333. The molecule has 0 amide bonds. The Morgan fingerprint density at radius 2 is 2.39 bits per heavy atom. The summed E-state index contributed by atoms with van der Waals surface area (Å²) in [5.41, 5.74) is -0.333. The van der Waals surface area contributed by atoms with E-state index in [2.05, 4.69) is 39.5 Å². The molecule has 1 heterocycles. The van der Waals surface area contributed by atoms with E-state index in [0.717, 1.165) is 28.7 Å². The fraction of sp³-hybridized carbons (Fsp3) is 0.692. The van der Waals surface area contributed by atoms with Gasteiger partial charge in [-0.25, -0.2) is 9.97 Å². The third kappa shape index (κ3) is 2.96. The van der Waals surface area contributed by atoms with Crippen LogP contribution in [0.1, 0.15) is 45.4 Å². The Labute approximate surface area is 127 Å². The molecule has 5 heteroatoms. The Bertz CT molecular complexity index is 425. The van der Waals surface area contributed by atoms with Crippen LogP contribution in [0.5, 0.6) is 0 Å². The number of hydrogen-bond acceptors (Lipinski definition) is 3. The first-order valence-corrected chi connectivity index (χ1v) is 7.85. The summed E-state index contributed by atoms with van der Waals surface area (Å²) in [5.74, 6) is 1.40. The lowest BCUT2D eigenvalue weighted by Gasteiger charge is -2.38. The minimum Gasteiger partial charge on any atom is -0.367 e. The third-order valence-electron chi connectivity index (χ3n) is 3.49. The third-order valence-corrected chi connectivity index (χ3v) is 4.88. The molecule has 1 fully saturated rings. The van der Waals surface area contributed by atoms with Crippen molar-refractivity contribution < 1.29 is 4.74 Å². The van der Waals surface area contributed by atoms with E-state index in [1.165, 1.54) is 6.42 Å². The second-order valence-corrected chi connectivity index (χ2v) is 6.48. The molecule has 0 aliphatic heterocycles. The maximum absolute atomic E-state index is 6.12. The zero-order chi connectivity index (χ0) is 13.2. The molecule has 1 aromatic heterocycles. The van der Waals surface area contributed by atoms with E-state index in [0.29, 0.717) is 17.7 Å².